The number of pyridine rings is 1. The highest BCUT2D eigenvalue weighted by atomic mass is 19.4. The summed E-state index contributed by atoms with van der Waals surface area (Å²) in [5.74, 6) is -0.193. The normalized spacial score (nSPS) is 15.3. The minimum atomic E-state index is -4.57. The lowest BCUT2D eigenvalue weighted by Gasteiger charge is -2.24. The van der Waals surface area contributed by atoms with Crippen LogP contribution < -0.4 is 16.2 Å². The van der Waals surface area contributed by atoms with Crippen LogP contribution in [0.2, 0.25) is 0 Å². The Morgan fingerprint density at radius 2 is 1.97 bits per heavy atom. The van der Waals surface area contributed by atoms with Gasteiger partial charge in [0.1, 0.15) is 17.1 Å². The Balaban J connectivity index is 1.87. The molecule has 10 heteroatoms. The molecular weight excluding hydrogens is 387 g/mol. The Morgan fingerprint density at radius 1 is 1.28 bits per heavy atom. The van der Waals surface area contributed by atoms with Gasteiger partial charge in [-0.2, -0.15) is 13.2 Å². The highest BCUT2D eigenvalue weighted by molar-refractivity contribution is 5.95. The maximum atomic E-state index is 12.8. The number of hydrogen-bond donors (Lipinski definition) is 2. The molecule has 3 heterocycles. The summed E-state index contributed by atoms with van der Waals surface area (Å²) in [4.78, 5) is 33.6. The smallest absolute Gasteiger partial charge is 0.346 e. The van der Waals surface area contributed by atoms with E-state index in [1.54, 1.807) is 6.92 Å². The van der Waals surface area contributed by atoms with Crippen molar-refractivity contribution in [2.24, 2.45) is 7.05 Å². The van der Waals surface area contributed by atoms with Crippen LogP contribution in [0.15, 0.2) is 23.0 Å². The molecule has 1 amide bonds. The third kappa shape index (κ3) is 4.64. The quantitative estimate of drug-likeness (QED) is 0.805. The van der Waals surface area contributed by atoms with Crippen LogP contribution in [-0.4, -0.2) is 33.5 Å². The topological polar surface area (TPSA) is 88.9 Å². The molecule has 1 saturated heterocycles. The molecule has 1 aliphatic rings. The van der Waals surface area contributed by atoms with Crippen molar-refractivity contribution in [3.63, 3.8) is 0 Å². The molecule has 7 nitrogen and oxygen atoms in total. The van der Waals surface area contributed by atoms with E-state index in [1.807, 2.05) is 0 Å². The molecule has 0 unspecified atom stereocenters. The van der Waals surface area contributed by atoms with Crippen molar-refractivity contribution < 1.29 is 18.0 Å². The fourth-order valence-corrected chi connectivity index (χ4v) is 3.33. The molecule has 29 heavy (non-hydrogen) atoms. The molecule has 0 atom stereocenters. The van der Waals surface area contributed by atoms with Gasteiger partial charge in [0.05, 0.1) is 17.9 Å². The molecule has 2 aromatic rings. The summed E-state index contributed by atoms with van der Waals surface area (Å²) in [6.45, 7) is 2.98. The zero-order chi connectivity index (χ0) is 21.2. The number of halogens is 3. The van der Waals surface area contributed by atoms with Crippen molar-refractivity contribution in [2.75, 3.05) is 13.1 Å². The molecule has 0 spiro atoms. The molecule has 1 fully saturated rings. The Bertz CT molecular complexity index is 965. The molecular formula is C19H22F3N5O2. The van der Waals surface area contributed by atoms with Gasteiger partial charge in [0.2, 0.25) is 0 Å². The first kappa shape index (κ1) is 21.0. The van der Waals surface area contributed by atoms with Crippen molar-refractivity contribution in [1.82, 2.24) is 25.2 Å². The summed E-state index contributed by atoms with van der Waals surface area (Å²) in [5.41, 5.74) is -1.07. The average Bonchev–Trinajstić information content (AvgIpc) is 2.70. The third-order valence-electron chi connectivity index (χ3n) is 5.02. The first-order valence-electron chi connectivity index (χ1n) is 9.28. The maximum absolute atomic E-state index is 12.8. The van der Waals surface area contributed by atoms with Crippen molar-refractivity contribution in [3.8, 4) is 0 Å². The van der Waals surface area contributed by atoms with Crippen molar-refractivity contribution in [2.45, 2.75) is 38.4 Å². The van der Waals surface area contributed by atoms with Gasteiger partial charge < -0.3 is 10.6 Å². The van der Waals surface area contributed by atoms with Crippen LogP contribution in [0.1, 0.15) is 52.0 Å². The maximum Gasteiger partial charge on any atom is 0.433 e. The summed E-state index contributed by atoms with van der Waals surface area (Å²) in [7, 11) is 1.53. The lowest BCUT2D eigenvalue weighted by molar-refractivity contribution is -0.141. The third-order valence-corrected chi connectivity index (χ3v) is 5.02. The number of rotatable bonds is 4. The number of amides is 1. The number of nitrogens with one attached hydrogen (secondary N) is 2. The van der Waals surface area contributed by atoms with Crippen LogP contribution in [0.3, 0.4) is 0 Å². The van der Waals surface area contributed by atoms with Crippen molar-refractivity contribution in [1.29, 1.82) is 0 Å². The van der Waals surface area contributed by atoms with Gasteiger partial charge in [-0.25, -0.2) is 9.97 Å². The van der Waals surface area contributed by atoms with Gasteiger partial charge >= 0.3 is 6.18 Å². The Hall–Kier alpha value is -2.75. The summed E-state index contributed by atoms with van der Waals surface area (Å²) in [6.07, 6.45) is -3.08. The van der Waals surface area contributed by atoms with Crippen LogP contribution in [0.5, 0.6) is 0 Å². The minimum absolute atomic E-state index is 0.0312. The number of aromatic nitrogens is 3. The molecule has 2 N–H and O–H groups in total. The second-order valence-corrected chi connectivity index (χ2v) is 7.00. The second-order valence-electron chi connectivity index (χ2n) is 7.00. The predicted molar refractivity (Wildman–Crippen MR) is 99.5 cm³/mol. The lowest BCUT2D eigenvalue weighted by atomic mass is 9.91. The summed E-state index contributed by atoms with van der Waals surface area (Å²) in [6, 6.07) is 3.47. The summed E-state index contributed by atoms with van der Waals surface area (Å²) >= 11 is 0. The van der Waals surface area contributed by atoms with Crippen LogP contribution >= 0.6 is 0 Å². The molecule has 0 saturated carbocycles. The highest BCUT2D eigenvalue weighted by Gasteiger charge is 2.32. The van der Waals surface area contributed by atoms with Crippen LogP contribution in [0.25, 0.3) is 0 Å². The zero-order valence-corrected chi connectivity index (χ0v) is 16.1. The standard InChI is InChI=1S/C19H22F3N5O2/c1-11-25-16(12-6-8-23-9-7-12)15(18(29)27(11)2)17(28)24-10-13-4-3-5-14(26-13)19(20,21)22/h3-5,12,23H,6-10H2,1-2H3,(H,24,28). The molecule has 2 aromatic heterocycles. The van der Waals surface area contributed by atoms with Gasteiger partial charge in [-0.3, -0.25) is 14.2 Å². The van der Waals surface area contributed by atoms with Gasteiger partial charge in [-0.15, -0.1) is 0 Å². The fourth-order valence-electron chi connectivity index (χ4n) is 3.33. The first-order valence-corrected chi connectivity index (χ1v) is 9.28. The van der Waals surface area contributed by atoms with E-state index >= 15 is 0 Å². The Kier molecular flexibility index (Phi) is 6.02. The van der Waals surface area contributed by atoms with Gasteiger partial charge in [-0.1, -0.05) is 6.07 Å². The van der Waals surface area contributed by atoms with Crippen molar-refractivity contribution in [3.05, 3.63) is 57.0 Å². The van der Waals surface area contributed by atoms with Crippen LogP contribution in [0, 0.1) is 6.92 Å². The van der Waals surface area contributed by atoms with E-state index in [0.29, 0.717) is 11.5 Å². The van der Waals surface area contributed by atoms with Crippen LogP contribution in [-0.2, 0) is 19.8 Å². The van der Waals surface area contributed by atoms with Gasteiger partial charge in [-0.05, 0) is 45.0 Å². The molecule has 0 aliphatic carbocycles. The monoisotopic (exact) mass is 409 g/mol. The molecule has 3 rings (SSSR count). The SMILES string of the molecule is Cc1nc(C2CCNCC2)c(C(=O)NCc2cccc(C(F)(F)F)n2)c(=O)n1C. The highest BCUT2D eigenvalue weighted by Crippen LogP contribution is 2.27. The van der Waals surface area contributed by atoms with E-state index in [4.69, 9.17) is 0 Å². The Labute approximate surface area is 165 Å². The van der Waals surface area contributed by atoms with E-state index in [2.05, 4.69) is 20.6 Å². The van der Waals surface area contributed by atoms with Gasteiger partial charge in [0, 0.05) is 13.0 Å². The number of aryl methyl sites for hydroxylation is 1. The predicted octanol–water partition coefficient (Wildman–Crippen LogP) is 1.90. The van der Waals surface area contributed by atoms with E-state index in [9.17, 15) is 22.8 Å². The molecule has 0 bridgehead atoms. The zero-order valence-electron chi connectivity index (χ0n) is 16.1. The Morgan fingerprint density at radius 3 is 2.62 bits per heavy atom. The summed E-state index contributed by atoms with van der Waals surface area (Å²) in [5, 5.41) is 5.75. The number of hydrogen-bond acceptors (Lipinski definition) is 5. The summed E-state index contributed by atoms with van der Waals surface area (Å²) < 4.78 is 39.7. The van der Waals surface area contributed by atoms with Crippen LogP contribution in [0.4, 0.5) is 13.2 Å². The number of carbonyl (C=O) groups excluding carboxylic acids is 1. The molecule has 1 aliphatic heterocycles. The first-order chi connectivity index (χ1) is 13.7. The largest absolute Gasteiger partial charge is 0.433 e. The average molecular weight is 409 g/mol. The van der Waals surface area contributed by atoms with Gasteiger partial charge in [0.15, 0.2) is 0 Å². The van der Waals surface area contributed by atoms with E-state index in [0.717, 1.165) is 32.0 Å². The second kappa shape index (κ2) is 8.32. The van der Waals surface area contributed by atoms with Gasteiger partial charge in [0.25, 0.3) is 11.5 Å². The van der Waals surface area contributed by atoms with Crippen molar-refractivity contribution >= 4 is 5.91 Å². The van der Waals surface area contributed by atoms with E-state index in [-0.39, 0.29) is 23.7 Å². The lowest BCUT2D eigenvalue weighted by Crippen LogP contribution is -2.37. The minimum Gasteiger partial charge on any atom is -0.346 e. The van der Waals surface area contributed by atoms with E-state index < -0.39 is 23.3 Å². The van der Waals surface area contributed by atoms with E-state index in [1.165, 1.54) is 23.7 Å². The number of piperidine rings is 1. The molecule has 0 aromatic carbocycles. The fraction of sp³-hybridized carbons (Fsp3) is 0.474. The molecule has 156 valence electrons. The molecule has 0 radical (unpaired) electrons. The number of alkyl halides is 3. The number of carbonyl (C=O) groups is 1. The number of nitrogens with zero attached hydrogens (tertiary/aromatic N) is 3.